The van der Waals surface area contributed by atoms with Crippen molar-refractivity contribution in [3.05, 3.63) is 59.4 Å². The van der Waals surface area contributed by atoms with Crippen molar-refractivity contribution in [1.29, 1.82) is 5.41 Å². The molecule has 0 saturated carbocycles. The molecular weight excluding hydrogens is 490 g/mol. The number of piperidine rings is 1. The number of benzene rings is 1. The van der Waals surface area contributed by atoms with Crippen molar-refractivity contribution in [3.63, 3.8) is 0 Å². The van der Waals surface area contributed by atoms with E-state index in [1.807, 2.05) is 18.2 Å². The maximum atomic E-state index is 12.7. The average Bonchev–Trinajstić information content (AvgIpc) is 2.90. The lowest BCUT2D eigenvalue weighted by atomic mass is 9.91. The van der Waals surface area contributed by atoms with Gasteiger partial charge in [0.2, 0.25) is 0 Å². The first-order chi connectivity index (χ1) is 17.6. The Labute approximate surface area is 221 Å². The third kappa shape index (κ3) is 5.73. The van der Waals surface area contributed by atoms with Crippen molar-refractivity contribution >= 4 is 40.3 Å². The zero-order chi connectivity index (χ0) is 26.7. The maximum absolute atomic E-state index is 12.7. The lowest BCUT2D eigenvalue weighted by molar-refractivity contribution is -0.128. The van der Waals surface area contributed by atoms with Crippen molar-refractivity contribution in [1.82, 2.24) is 19.9 Å². The van der Waals surface area contributed by atoms with E-state index in [-0.39, 0.29) is 23.4 Å². The molecule has 2 aromatic heterocycles. The number of aromatic nitrogens is 3. The topological polar surface area (TPSA) is 141 Å². The van der Waals surface area contributed by atoms with Crippen LogP contribution in [-0.4, -0.2) is 56.2 Å². The summed E-state index contributed by atoms with van der Waals surface area (Å²) in [5.74, 6) is 0.324. The highest BCUT2D eigenvalue weighted by atomic mass is 35.5. The van der Waals surface area contributed by atoms with Gasteiger partial charge in [0.1, 0.15) is 5.60 Å². The van der Waals surface area contributed by atoms with Crippen molar-refractivity contribution in [3.8, 4) is 11.1 Å². The summed E-state index contributed by atoms with van der Waals surface area (Å²) < 4.78 is 0. The molecular formula is C27H32ClN7O2. The molecule has 3 aromatic rings. The summed E-state index contributed by atoms with van der Waals surface area (Å²) in [5.41, 5.74) is 7.88. The summed E-state index contributed by atoms with van der Waals surface area (Å²) in [7, 11) is 0. The molecule has 10 heteroatoms. The second-order valence-corrected chi connectivity index (χ2v) is 10.3. The molecule has 0 aliphatic carbocycles. The normalized spacial score (nSPS) is 17.5. The number of hydrogen-bond donors (Lipinski definition) is 4. The SMILES string of the molecule is C[C@@H](Nc1c(Cl)cnc2ccc(-c3cnc(C(C)(C)O)nc3)cc12)C1CCCN(C(=O)/C(C=N)=C/N)C1. The number of aliphatic hydroxyl groups is 1. The highest BCUT2D eigenvalue weighted by molar-refractivity contribution is 6.34. The van der Waals surface area contributed by atoms with Crippen LogP contribution in [0.1, 0.15) is 39.4 Å². The number of nitrogens with zero attached hydrogens (tertiary/aromatic N) is 4. The standard InChI is InChI=1S/C27H32ClN7O2/c1-16(18-5-4-8-35(15-18)25(36)19(10-29)11-30)34-24-21-9-17(6-7-23(21)31-14-22(24)28)20-12-32-26(33-13-20)27(2,3)37/h6-7,9-14,16,18,29,37H,4-5,8,15,30H2,1-3H3,(H,31,34)/b19-11+,29-10?/t16-,18?/m1/s1. The third-order valence-electron chi connectivity index (χ3n) is 6.76. The van der Waals surface area contributed by atoms with Gasteiger partial charge in [-0.25, -0.2) is 9.97 Å². The molecule has 5 N–H and O–H groups in total. The van der Waals surface area contributed by atoms with E-state index in [0.717, 1.165) is 46.8 Å². The van der Waals surface area contributed by atoms with Crippen LogP contribution in [0.3, 0.4) is 0 Å². The Morgan fingerprint density at radius 2 is 2.00 bits per heavy atom. The van der Waals surface area contributed by atoms with E-state index >= 15 is 0 Å². The first-order valence-corrected chi connectivity index (χ1v) is 12.6. The fraction of sp³-hybridized carbons (Fsp3) is 0.370. The summed E-state index contributed by atoms with van der Waals surface area (Å²) in [6.07, 6.45) is 9.04. The van der Waals surface area contributed by atoms with Crippen LogP contribution in [0.2, 0.25) is 5.02 Å². The number of halogens is 1. The van der Waals surface area contributed by atoms with Gasteiger partial charge in [-0.1, -0.05) is 17.7 Å². The molecule has 9 nitrogen and oxygen atoms in total. The molecule has 1 aliphatic heterocycles. The Kier molecular flexibility index (Phi) is 7.75. The predicted molar refractivity (Wildman–Crippen MR) is 146 cm³/mol. The van der Waals surface area contributed by atoms with Crippen LogP contribution in [0, 0.1) is 11.3 Å². The smallest absolute Gasteiger partial charge is 0.256 e. The number of carbonyl (C=O) groups excluding carboxylic acids is 1. The highest BCUT2D eigenvalue weighted by Crippen LogP contribution is 2.35. The van der Waals surface area contributed by atoms with Crippen molar-refractivity contribution in [2.75, 3.05) is 18.4 Å². The minimum atomic E-state index is -1.12. The quantitative estimate of drug-likeness (QED) is 0.271. The van der Waals surface area contributed by atoms with E-state index in [1.165, 1.54) is 6.20 Å². The first kappa shape index (κ1) is 26.5. The van der Waals surface area contributed by atoms with Crippen LogP contribution >= 0.6 is 11.6 Å². The molecule has 1 amide bonds. The number of anilines is 1. The van der Waals surface area contributed by atoms with E-state index in [1.54, 1.807) is 37.3 Å². The number of nitrogens with two attached hydrogens (primary N) is 1. The lowest BCUT2D eigenvalue weighted by Gasteiger charge is -2.36. The van der Waals surface area contributed by atoms with Gasteiger partial charge in [0, 0.05) is 61.1 Å². The molecule has 2 atom stereocenters. The van der Waals surface area contributed by atoms with Crippen LogP contribution in [0.5, 0.6) is 0 Å². The largest absolute Gasteiger partial charge is 0.404 e. The van der Waals surface area contributed by atoms with Crippen molar-refractivity contribution < 1.29 is 9.90 Å². The zero-order valence-electron chi connectivity index (χ0n) is 21.2. The maximum Gasteiger partial charge on any atom is 0.256 e. The Morgan fingerprint density at radius 3 is 2.65 bits per heavy atom. The molecule has 194 valence electrons. The summed E-state index contributed by atoms with van der Waals surface area (Å²) in [4.78, 5) is 27.6. The monoisotopic (exact) mass is 521 g/mol. The Balaban J connectivity index is 1.60. The number of hydrogen-bond acceptors (Lipinski definition) is 8. The third-order valence-corrected chi connectivity index (χ3v) is 7.05. The number of rotatable bonds is 7. The molecule has 4 rings (SSSR count). The Hall–Kier alpha value is -3.56. The molecule has 0 spiro atoms. The first-order valence-electron chi connectivity index (χ1n) is 12.2. The predicted octanol–water partition coefficient (Wildman–Crippen LogP) is 4.10. The number of carbonyl (C=O) groups is 1. The van der Waals surface area contributed by atoms with Crippen LogP contribution < -0.4 is 11.1 Å². The Bertz CT molecular complexity index is 1340. The average molecular weight is 522 g/mol. The number of pyridine rings is 1. The number of likely N-dealkylation sites (tertiary alicyclic amines) is 1. The molecule has 1 aromatic carbocycles. The fourth-order valence-corrected chi connectivity index (χ4v) is 4.80. The van der Waals surface area contributed by atoms with Gasteiger partial charge in [0.15, 0.2) is 5.82 Å². The van der Waals surface area contributed by atoms with Gasteiger partial charge in [0.05, 0.1) is 21.8 Å². The molecule has 1 aliphatic rings. The van der Waals surface area contributed by atoms with E-state index in [2.05, 4.69) is 27.2 Å². The zero-order valence-corrected chi connectivity index (χ0v) is 22.0. The number of nitrogens with one attached hydrogen (secondary N) is 2. The second kappa shape index (κ2) is 10.8. The molecule has 1 saturated heterocycles. The van der Waals surface area contributed by atoms with Gasteiger partial charge in [-0.3, -0.25) is 9.78 Å². The van der Waals surface area contributed by atoms with E-state index in [0.29, 0.717) is 23.9 Å². The lowest BCUT2D eigenvalue weighted by Crippen LogP contribution is -2.45. The Morgan fingerprint density at radius 1 is 1.27 bits per heavy atom. The summed E-state index contributed by atoms with van der Waals surface area (Å²) in [5, 5.41) is 22.5. The van der Waals surface area contributed by atoms with Crippen LogP contribution in [0.15, 0.2) is 48.6 Å². The summed E-state index contributed by atoms with van der Waals surface area (Å²) in [6.45, 7) is 6.59. The molecule has 37 heavy (non-hydrogen) atoms. The van der Waals surface area contributed by atoms with Gasteiger partial charge in [-0.15, -0.1) is 0 Å². The van der Waals surface area contributed by atoms with Gasteiger partial charge >= 0.3 is 0 Å². The van der Waals surface area contributed by atoms with Crippen LogP contribution in [0.4, 0.5) is 5.69 Å². The number of fused-ring (bicyclic) bond motifs is 1. The van der Waals surface area contributed by atoms with Gasteiger partial charge in [-0.2, -0.15) is 0 Å². The van der Waals surface area contributed by atoms with Crippen LogP contribution in [0.25, 0.3) is 22.0 Å². The molecule has 1 unspecified atom stereocenters. The number of amides is 1. The molecule has 1 fully saturated rings. The fourth-order valence-electron chi connectivity index (χ4n) is 4.60. The van der Waals surface area contributed by atoms with Gasteiger partial charge in [-0.05, 0) is 57.2 Å². The summed E-state index contributed by atoms with van der Waals surface area (Å²) in [6, 6.07) is 5.90. The van der Waals surface area contributed by atoms with Crippen LogP contribution in [-0.2, 0) is 10.4 Å². The summed E-state index contributed by atoms with van der Waals surface area (Å²) >= 11 is 6.63. The van der Waals surface area contributed by atoms with E-state index in [4.69, 9.17) is 22.7 Å². The minimum Gasteiger partial charge on any atom is -0.404 e. The minimum absolute atomic E-state index is 0.0158. The van der Waals surface area contributed by atoms with Crippen molar-refractivity contribution in [2.45, 2.75) is 45.3 Å². The second-order valence-electron chi connectivity index (χ2n) is 9.92. The molecule has 0 radical (unpaired) electrons. The van der Waals surface area contributed by atoms with E-state index < -0.39 is 5.60 Å². The molecule has 0 bridgehead atoms. The molecule has 3 heterocycles. The van der Waals surface area contributed by atoms with Gasteiger partial charge in [0.25, 0.3) is 5.91 Å². The highest BCUT2D eigenvalue weighted by Gasteiger charge is 2.29. The van der Waals surface area contributed by atoms with Crippen molar-refractivity contribution in [2.24, 2.45) is 11.7 Å². The van der Waals surface area contributed by atoms with Gasteiger partial charge < -0.3 is 26.5 Å². The van der Waals surface area contributed by atoms with E-state index in [9.17, 15) is 9.90 Å².